The fraction of sp³-hybridized carbons (Fsp3) is 0.385. The van der Waals surface area contributed by atoms with Crippen LogP contribution < -0.4 is 0 Å². The fourth-order valence-corrected chi connectivity index (χ4v) is 2.94. The third kappa shape index (κ3) is 1.14. The minimum Gasteiger partial charge on any atom is -0.258 e. The van der Waals surface area contributed by atoms with Gasteiger partial charge in [-0.2, -0.15) is 0 Å². The van der Waals surface area contributed by atoms with Crippen LogP contribution in [0.15, 0.2) is 12.1 Å². The van der Waals surface area contributed by atoms with Crippen LogP contribution in [0.1, 0.15) is 41.5 Å². The Morgan fingerprint density at radius 2 is 2.25 bits per heavy atom. The van der Waals surface area contributed by atoms with Crippen LogP contribution in [0.3, 0.4) is 0 Å². The molecule has 2 aliphatic carbocycles. The number of aryl methyl sites for hydroxylation is 1. The first kappa shape index (κ1) is 9.58. The van der Waals surface area contributed by atoms with E-state index in [1.807, 2.05) is 12.2 Å². The van der Waals surface area contributed by atoms with Crippen molar-refractivity contribution in [1.82, 2.24) is 0 Å². The average Bonchev–Trinajstić information content (AvgIpc) is 2.82. The molecule has 0 saturated heterocycles. The Morgan fingerprint density at radius 3 is 3.00 bits per heavy atom. The van der Waals surface area contributed by atoms with Gasteiger partial charge in [0.25, 0.3) is 5.69 Å². The van der Waals surface area contributed by atoms with E-state index in [1.165, 1.54) is 5.56 Å². The van der Waals surface area contributed by atoms with Crippen molar-refractivity contribution in [3.63, 3.8) is 0 Å². The summed E-state index contributed by atoms with van der Waals surface area (Å²) < 4.78 is 0. The number of nitro benzene ring substituents is 1. The van der Waals surface area contributed by atoms with E-state index in [2.05, 4.69) is 13.0 Å². The van der Waals surface area contributed by atoms with Crippen molar-refractivity contribution >= 4 is 11.8 Å². The van der Waals surface area contributed by atoms with Gasteiger partial charge in [0.2, 0.25) is 0 Å². The molecule has 0 fully saturated rings. The van der Waals surface area contributed by atoms with Crippen molar-refractivity contribution in [1.29, 1.82) is 0 Å². The molecule has 82 valence electrons. The molecule has 0 spiro atoms. The molecule has 3 nitrogen and oxygen atoms in total. The van der Waals surface area contributed by atoms with Gasteiger partial charge in [-0.05, 0) is 36.3 Å². The molecule has 0 amide bonds. The molecule has 0 aromatic heterocycles. The van der Waals surface area contributed by atoms with Crippen molar-refractivity contribution < 1.29 is 4.92 Å². The smallest absolute Gasteiger partial charge is 0.258 e. The van der Waals surface area contributed by atoms with E-state index in [0.29, 0.717) is 11.6 Å². The SMILES string of the molecule is CC1CCc2cc3c(c([N+](=O)[O-])c21)C=CC3. The topological polar surface area (TPSA) is 43.1 Å². The van der Waals surface area contributed by atoms with Gasteiger partial charge in [0.15, 0.2) is 0 Å². The van der Waals surface area contributed by atoms with Crippen LogP contribution in [-0.2, 0) is 12.8 Å². The second kappa shape index (κ2) is 3.17. The Morgan fingerprint density at radius 1 is 1.44 bits per heavy atom. The molecule has 2 aliphatic rings. The maximum absolute atomic E-state index is 11.2. The second-order valence-electron chi connectivity index (χ2n) is 4.67. The first-order valence-electron chi connectivity index (χ1n) is 5.68. The average molecular weight is 215 g/mol. The molecule has 0 heterocycles. The van der Waals surface area contributed by atoms with E-state index in [4.69, 9.17) is 0 Å². The van der Waals surface area contributed by atoms with Crippen LogP contribution in [0.4, 0.5) is 5.69 Å². The molecule has 0 bridgehead atoms. The van der Waals surface area contributed by atoms with Gasteiger partial charge >= 0.3 is 0 Å². The van der Waals surface area contributed by atoms with Crippen molar-refractivity contribution in [3.8, 4) is 0 Å². The van der Waals surface area contributed by atoms with Crippen molar-refractivity contribution in [2.75, 3.05) is 0 Å². The summed E-state index contributed by atoms with van der Waals surface area (Å²) in [5, 5.41) is 11.2. The Bertz CT molecular complexity index is 517. The number of fused-ring (bicyclic) bond motifs is 2. The summed E-state index contributed by atoms with van der Waals surface area (Å²) in [7, 11) is 0. The summed E-state index contributed by atoms with van der Waals surface area (Å²) in [6.45, 7) is 2.09. The summed E-state index contributed by atoms with van der Waals surface area (Å²) in [5.74, 6) is 0.328. The Balaban J connectivity index is 2.34. The van der Waals surface area contributed by atoms with Crippen LogP contribution >= 0.6 is 0 Å². The van der Waals surface area contributed by atoms with E-state index in [9.17, 15) is 10.1 Å². The molecule has 3 rings (SSSR count). The molecule has 0 saturated carbocycles. The molecule has 0 N–H and O–H groups in total. The van der Waals surface area contributed by atoms with Gasteiger partial charge in [0, 0.05) is 5.56 Å². The van der Waals surface area contributed by atoms with Gasteiger partial charge in [-0.25, -0.2) is 0 Å². The summed E-state index contributed by atoms with van der Waals surface area (Å²) in [6.07, 6.45) is 6.79. The minimum absolute atomic E-state index is 0.199. The van der Waals surface area contributed by atoms with Crippen molar-refractivity contribution in [2.45, 2.75) is 32.1 Å². The highest BCUT2D eigenvalue weighted by atomic mass is 16.6. The number of rotatable bonds is 1. The van der Waals surface area contributed by atoms with Crippen LogP contribution in [0.5, 0.6) is 0 Å². The fourth-order valence-electron chi connectivity index (χ4n) is 2.94. The zero-order chi connectivity index (χ0) is 11.3. The molecule has 3 heteroatoms. The lowest BCUT2D eigenvalue weighted by Gasteiger charge is -2.09. The van der Waals surface area contributed by atoms with Crippen molar-refractivity contribution in [2.24, 2.45) is 0 Å². The third-order valence-corrected chi connectivity index (χ3v) is 3.69. The Hall–Kier alpha value is -1.64. The first-order valence-corrected chi connectivity index (χ1v) is 5.68. The lowest BCUT2D eigenvalue weighted by Crippen LogP contribution is -2.01. The molecule has 1 aromatic rings. The van der Waals surface area contributed by atoms with Crippen LogP contribution in [0, 0.1) is 10.1 Å². The third-order valence-electron chi connectivity index (χ3n) is 3.69. The summed E-state index contributed by atoms with van der Waals surface area (Å²) in [6, 6.07) is 2.17. The van der Waals surface area contributed by atoms with Gasteiger partial charge in [-0.15, -0.1) is 0 Å². The predicted molar refractivity (Wildman–Crippen MR) is 62.6 cm³/mol. The Labute approximate surface area is 93.9 Å². The highest BCUT2D eigenvalue weighted by Gasteiger charge is 2.32. The van der Waals surface area contributed by atoms with E-state index < -0.39 is 0 Å². The molecule has 0 aliphatic heterocycles. The molecule has 1 aromatic carbocycles. The number of nitrogens with zero attached hydrogens (tertiary/aromatic N) is 1. The standard InChI is InChI=1S/C13H13NO2/c1-8-5-6-10-7-9-3-2-4-11(9)13(12(8)10)14(15)16/h2,4,7-8H,3,5-6H2,1H3. The van der Waals surface area contributed by atoms with Gasteiger partial charge in [-0.3, -0.25) is 10.1 Å². The molecule has 16 heavy (non-hydrogen) atoms. The molecular formula is C13H13NO2. The second-order valence-corrected chi connectivity index (χ2v) is 4.67. The van der Waals surface area contributed by atoms with E-state index in [0.717, 1.165) is 36.0 Å². The quantitative estimate of drug-likeness (QED) is 0.533. The highest BCUT2D eigenvalue weighted by molar-refractivity contribution is 5.73. The number of nitro groups is 1. The van der Waals surface area contributed by atoms with E-state index >= 15 is 0 Å². The summed E-state index contributed by atoms with van der Waals surface area (Å²) in [4.78, 5) is 11.0. The van der Waals surface area contributed by atoms with Crippen LogP contribution in [-0.4, -0.2) is 4.92 Å². The lowest BCUT2D eigenvalue weighted by atomic mass is 9.95. The summed E-state index contributed by atoms with van der Waals surface area (Å²) >= 11 is 0. The Kier molecular flexibility index (Phi) is 1.90. The zero-order valence-corrected chi connectivity index (χ0v) is 9.19. The van der Waals surface area contributed by atoms with Gasteiger partial charge in [0.05, 0.1) is 10.5 Å². The van der Waals surface area contributed by atoms with Crippen LogP contribution in [0.25, 0.3) is 6.08 Å². The van der Waals surface area contributed by atoms with E-state index in [-0.39, 0.29) is 4.92 Å². The van der Waals surface area contributed by atoms with Gasteiger partial charge < -0.3 is 0 Å². The van der Waals surface area contributed by atoms with Gasteiger partial charge in [0.1, 0.15) is 0 Å². The normalized spacial score (nSPS) is 20.9. The maximum Gasteiger partial charge on any atom is 0.280 e. The largest absolute Gasteiger partial charge is 0.280 e. The highest BCUT2D eigenvalue weighted by Crippen LogP contribution is 2.44. The minimum atomic E-state index is -0.199. The lowest BCUT2D eigenvalue weighted by molar-refractivity contribution is -0.385. The molecule has 1 unspecified atom stereocenters. The number of hydrogen-bond acceptors (Lipinski definition) is 2. The van der Waals surface area contributed by atoms with Gasteiger partial charge in [-0.1, -0.05) is 25.1 Å². The molecular weight excluding hydrogens is 202 g/mol. The zero-order valence-electron chi connectivity index (χ0n) is 9.19. The first-order chi connectivity index (χ1) is 7.68. The number of allylic oxidation sites excluding steroid dienone is 1. The van der Waals surface area contributed by atoms with Crippen molar-refractivity contribution in [3.05, 3.63) is 44.5 Å². The number of hydrogen-bond donors (Lipinski definition) is 0. The molecule has 1 atom stereocenters. The summed E-state index contributed by atoms with van der Waals surface area (Å²) in [5.41, 5.74) is 4.51. The maximum atomic E-state index is 11.2. The monoisotopic (exact) mass is 215 g/mol. The molecule has 0 radical (unpaired) electrons. The van der Waals surface area contributed by atoms with E-state index in [1.54, 1.807) is 0 Å². The number of benzene rings is 1. The van der Waals surface area contributed by atoms with Crippen LogP contribution in [0.2, 0.25) is 0 Å². The predicted octanol–water partition coefficient (Wildman–Crippen LogP) is 3.21.